The molecule has 0 radical (unpaired) electrons. The number of nitrogens with one attached hydrogen (secondary N) is 2. The molecule has 0 saturated carbocycles. The van der Waals surface area contributed by atoms with Gasteiger partial charge in [0.2, 0.25) is 0 Å². The number of pyridine rings is 2. The molecular formula is C25H20F3N5O. The first kappa shape index (κ1) is 21.7. The molecule has 1 amide bonds. The maximum atomic E-state index is 12.9. The van der Waals surface area contributed by atoms with E-state index < -0.39 is 18.1 Å². The highest BCUT2D eigenvalue weighted by atomic mass is 19.4. The lowest BCUT2D eigenvalue weighted by Crippen LogP contribution is -2.43. The van der Waals surface area contributed by atoms with Crippen LogP contribution in [0, 0.1) is 0 Å². The summed E-state index contributed by atoms with van der Waals surface area (Å²) in [6.45, 7) is 1.48. The normalized spacial score (nSPS) is 14.2. The fraction of sp³-hybridized carbons (Fsp3) is 0.160. The van der Waals surface area contributed by atoms with E-state index in [1.54, 1.807) is 12.3 Å². The Morgan fingerprint density at radius 1 is 1.09 bits per heavy atom. The molecule has 4 aromatic rings. The predicted octanol–water partition coefficient (Wildman–Crippen LogP) is 4.93. The van der Waals surface area contributed by atoms with E-state index in [4.69, 9.17) is 0 Å². The number of fused-ring (bicyclic) bond motifs is 2. The summed E-state index contributed by atoms with van der Waals surface area (Å²) in [6, 6.07) is 13.6. The van der Waals surface area contributed by atoms with Gasteiger partial charge in [-0.05, 0) is 41.8 Å². The maximum absolute atomic E-state index is 12.9. The second kappa shape index (κ2) is 8.33. The number of carbonyl (C=O) groups is 1. The average molecular weight is 463 g/mol. The fourth-order valence-electron chi connectivity index (χ4n) is 3.91. The van der Waals surface area contributed by atoms with Gasteiger partial charge in [-0.3, -0.25) is 4.79 Å². The van der Waals surface area contributed by atoms with Gasteiger partial charge in [-0.1, -0.05) is 36.4 Å². The van der Waals surface area contributed by atoms with Gasteiger partial charge in [0.15, 0.2) is 0 Å². The van der Waals surface area contributed by atoms with Crippen LogP contribution >= 0.6 is 0 Å². The summed E-state index contributed by atoms with van der Waals surface area (Å²) in [5, 5.41) is 9.39. The van der Waals surface area contributed by atoms with Crippen LogP contribution in [0.4, 0.5) is 19.0 Å². The molecule has 1 aromatic carbocycles. The van der Waals surface area contributed by atoms with Crippen LogP contribution in [0.5, 0.6) is 0 Å². The van der Waals surface area contributed by atoms with E-state index >= 15 is 0 Å². The summed E-state index contributed by atoms with van der Waals surface area (Å²) in [5.41, 5.74) is 5.10. The molecule has 0 aliphatic carbocycles. The van der Waals surface area contributed by atoms with Crippen LogP contribution in [0.15, 0.2) is 73.2 Å². The summed E-state index contributed by atoms with van der Waals surface area (Å²) in [4.78, 5) is 17.2. The third-order valence-corrected chi connectivity index (χ3v) is 5.78. The van der Waals surface area contributed by atoms with E-state index in [2.05, 4.69) is 21.5 Å². The zero-order valence-electron chi connectivity index (χ0n) is 18.1. The number of hydrogen-bond acceptors (Lipinski definition) is 4. The maximum Gasteiger partial charge on any atom is 0.408 e. The Morgan fingerprint density at radius 2 is 1.88 bits per heavy atom. The molecule has 0 saturated heterocycles. The number of alkyl halides is 3. The number of hydrogen-bond donors (Lipinski definition) is 2. The van der Waals surface area contributed by atoms with Crippen molar-refractivity contribution in [3.05, 3.63) is 89.9 Å². The Labute approximate surface area is 193 Å². The zero-order valence-corrected chi connectivity index (χ0v) is 18.1. The minimum Gasteiger partial charge on any atom is -0.366 e. The first-order chi connectivity index (χ1) is 16.3. The number of benzene rings is 1. The van der Waals surface area contributed by atoms with Gasteiger partial charge < -0.3 is 10.6 Å². The number of rotatable bonds is 4. The molecule has 9 heteroatoms. The van der Waals surface area contributed by atoms with Crippen molar-refractivity contribution in [2.45, 2.75) is 19.1 Å². The molecule has 2 N–H and O–H groups in total. The molecule has 5 rings (SSSR count). The van der Waals surface area contributed by atoms with Crippen molar-refractivity contribution in [2.75, 3.05) is 11.9 Å². The lowest BCUT2D eigenvalue weighted by Gasteiger charge is -2.20. The van der Waals surface area contributed by atoms with Gasteiger partial charge in [-0.2, -0.15) is 18.3 Å². The lowest BCUT2D eigenvalue weighted by atomic mass is 9.94. The summed E-state index contributed by atoms with van der Waals surface area (Å²) in [5.74, 6) is -0.0905. The van der Waals surface area contributed by atoms with Crippen LogP contribution in [0.3, 0.4) is 0 Å². The van der Waals surface area contributed by atoms with Crippen molar-refractivity contribution in [1.82, 2.24) is 19.9 Å². The predicted molar refractivity (Wildman–Crippen MR) is 123 cm³/mol. The van der Waals surface area contributed by atoms with Crippen LogP contribution in [-0.4, -0.2) is 39.3 Å². The standard InChI is InChI=1S/C25H20F3N5O/c1-15(25(26,27)28)32-24(34)21-14-31-33-10-8-17(12-22(21)33)19-7-9-29-23-20(19)11-18(13-30-23)16-5-3-2-4-6-16/h2-8,10-15H,9H2,1H3,(H,29,30)(H,32,34)/t15-/m1/s1. The molecule has 34 heavy (non-hydrogen) atoms. The SMILES string of the molecule is C[C@@H](NC(=O)c1cnn2ccc(C3=CCNc4ncc(-c5ccccc5)cc43)cc12)C(F)(F)F. The van der Waals surface area contributed by atoms with Gasteiger partial charge >= 0.3 is 6.18 Å². The number of aromatic nitrogens is 3. The van der Waals surface area contributed by atoms with E-state index in [1.165, 1.54) is 10.7 Å². The fourth-order valence-corrected chi connectivity index (χ4v) is 3.91. The van der Waals surface area contributed by atoms with Crippen molar-refractivity contribution in [1.29, 1.82) is 0 Å². The van der Waals surface area contributed by atoms with Crippen LogP contribution in [0.25, 0.3) is 22.2 Å². The summed E-state index contributed by atoms with van der Waals surface area (Å²) in [6.07, 6.45) is 2.26. The Balaban J connectivity index is 1.53. The quantitative estimate of drug-likeness (QED) is 0.450. The molecule has 0 unspecified atom stereocenters. The highest BCUT2D eigenvalue weighted by molar-refractivity contribution is 6.01. The molecule has 1 aliphatic rings. The van der Waals surface area contributed by atoms with E-state index in [0.717, 1.165) is 40.6 Å². The number of halogens is 3. The van der Waals surface area contributed by atoms with E-state index in [-0.39, 0.29) is 5.56 Å². The van der Waals surface area contributed by atoms with Crippen molar-refractivity contribution in [3.63, 3.8) is 0 Å². The third kappa shape index (κ3) is 4.00. The van der Waals surface area contributed by atoms with Crippen LogP contribution in [-0.2, 0) is 0 Å². The molecule has 0 fully saturated rings. The van der Waals surface area contributed by atoms with Gasteiger partial charge in [0, 0.05) is 30.1 Å². The Kier molecular flexibility index (Phi) is 5.31. The largest absolute Gasteiger partial charge is 0.408 e. The molecule has 0 spiro atoms. The van der Waals surface area contributed by atoms with E-state index in [1.807, 2.05) is 54.0 Å². The first-order valence-electron chi connectivity index (χ1n) is 10.7. The van der Waals surface area contributed by atoms with Crippen molar-refractivity contribution in [3.8, 4) is 11.1 Å². The van der Waals surface area contributed by atoms with Gasteiger partial charge in [-0.15, -0.1) is 0 Å². The van der Waals surface area contributed by atoms with E-state index in [0.29, 0.717) is 12.1 Å². The van der Waals surface area contributed by atoms with Gasteiger partial charge in [0.1, 0.15) is 11.9 Å². The average Bonchev–Trinajstić information content (AvgIpc) is 3.26. The van der Waals surface area contributed by atoms with Crippen molar-refractivity contribution in [2.24, 2.45) is 0 Å². The molecule has 0 bridgehead atoms. The molecule has 1 aliphatic heterocycles. The molecule has 6 nitrogen and oxygen atoms in total. The highest BCUT2D eigenvalue weighted by Crippen LogP contribution is 2.34. The molecule has 4 heterocycles. The summed E-state index contributed by atoms with van der Waals surface area (Å²) in [7, 11) is 0. The van der Waals surface area contributed by atoms with Crippen LogP contribution in [0.1, 0.15) is 28.4 Å². The Morgan fingerprint density at radius 3 is 2.65 bits per heavy atom. The van der Waals surface area contributed by atoms with Gasteiger partial charge in [0.25, 0.3) is 5.91 Å². The Hall–Kier alpha value is -4.14. The lowest BCUT2D eigenvalue weighted by molar-refractivity contribution is -0.149. The monoisotopic (exact) mass is 463 g/mol. The van der Waals surface area contributed by atoms with Crippen molar-refractivity contribution < 1.29 is 18.0 Å². The third-order valence-electron chi connectivity index (χ3n) is 5.78. The second-order valence-corrected chi connectivity index (χ2v) is 8.03. The minimum atomic E-state index is -4.53. The molecule has 3 aromatic heterocycles. The molecule has 172 valence electrons. The van der Waals surface area contributed by atoms with E-state index in [9.17, 15) is 18.0 Å². The molecule has 1 atom stereocenters. The summed E-state index contributed by atoms with van der Waals surface area (Å²) >= 11 is 0. The molecular weight excluding hydrogens is 443 g/mol. The number of nitrogens with zero attached hydrogens (tertiary/aromatic N) is 3. The zero-order chi connectivity index (χ0) is 23.9. The summed E-state index contributed by atoms with van der Waals surface area (Å²) < 4.78 is 40.2. The van der Waals surface area contributed by atoms with Gasteiger partial charge in [0.05, 0.1) is 17.3 Å². The highest BCUT2D eigenvalue weighted by Gasteiger charge is 2.37. The van der Waals surface area contributed by atoms with Crippen LogP contribution < -0.4 is 10.6 Å². The van der Waals surface area contributed by atoms with Crippen LogP contribution in [0.2, 0.25) is 0 Å². The first-order valence-corrected chi connectivity index (χ1v) is 10.7. The Bertz CT molecular complexity index is 1410. The van der Waals surface area contributed by atoms with Gasteiger partial charge in [-0.25, -0.2) is 9.50 Å². The van der Waals surface area contributed by atoms with Crippen molar-refractivity contribution >= 4 is 22.8 Å². The minimum absolute atomic E-state index is 0.0730. The second-order valence-electron chi connectivity index (χ2n) is 8.03. The topological polar surface area (TPSA) is 71.3 Å². The number of amides is 1. The number of anilines is 1. The number of carbonyl (C=O) groups excluding carboxylic acids is 1. The smallest absolute Gasteiger partial charge is 0.366 e.